The molecule has 41 heavy (non-hydrogen) atoms. The number of nitrogens with zero attached hydrogens (tertiary/aromatic N) is 2. The molecule has 0 saturated heterocycles. The SMILES string of the molecule is CN(C)c1cccc2c(S(=O)(=O)Nc3ccc4c(c3)CCCN4C(=O)CCc3ccc(C(=N)N)cc3)cccc12.Cl. The van der Waals surface area contributed by atoms with E-state index in [0.29, 0.717) is 36.0 Å². The number of hydrogen-bond donors (Lipinski definition) is 3. The van der Waals surface area contributed by atoms with Crippen LogP contribution in [0.25, 0.3) is 10.8 Å². The number of aryl methyl sites for hydroxylation is 2. The van der Waals surface area contributed by atoms with Crippen LogP contribution >= 0.6 is 12.4 Å². The first kappa shape index (κ1) is 29.9. The molecule has 0 radical (unpaired) electrons. The zero-order chi connectivity index (χ0) is 28.4. The highest BCUT2D eigenvalue weighted by molar-refractivity contribution is 7.93. The molecule has 10 heteroatoms. The van der Waals surface area contributed by atoms with Crippen LogP contribution < -0.4 is 20.3 Å². The van der Waals surface area contributed by atoms with Crippen molar-refractivity contribution in [2.75, 3.05) is 35.2 Å². The zero-order valence-corrected chi connectivity index (χ0v) is 24.7. The number of amidine groups is 1. The van der Waals surface area contributed by atoms with Gasteiger partial charge in [0.15, 0.2) is 0 Å². The number of fused-ring (bicyclic) bond motifs is 2. The summed E-state index contributed by atoms with van der Waals surface area (Å²) in [5.74, 6) is 0.0437. The number of rotatable bonds is 8. The van der Waals surface area contributed by atoms with Gasteiger partial charge in [0.1, 0.15) is 5.84 Å². The second-order valence-corrected chi connectivity index (χ2v) is 11.9. The van der Waals surface area contributed by atoms with Gasteiger partial charge in [0, 0.05) is 60.5 Å². The Morgan fingerprint density at radius 3 is 2.41 bits per heavy atom. The number of hydrogen-bond acceptors (Lipinski definition) is 5. The monoisotopic (exact) mass is 591 g/mol. The summed E-state index contributed by atoms with van der Waals surface area (Å²) >= 11 is 0. The van der Waals surface area contributed by atoms with E-state index in [-0.39, 0.29) is 29.0 Å². The molecule has 1 amide bonds. The molecule has 1 heterocycles. The summed E-state index contributed by atoms with van der Waals surface area (Å²) in [5, 5.41) is 9.04. The zero-order valence-electron chi connectivity index (χ0n) is 23.1. The number of sulfonamides is 1. The molecule has 214 valence electrons. The predicted octanol–water partition coefficient (Wildman–Crippen LogP) is 5.32. The Morgan fingerprint density at radius 2 is 1.71 bits per heavy atom. The third-order valence-corrected chi connectivity index (χ3v) is 8.71. The maximum absolute atomic E-state index is 13.5. The van der Waals surface area contributed by atoms with E-state index in [1.165, 1.54) is 0 Å². The normalized spacial score (nSPS) is 12.8. The van der Waals surface area contributed by atoms with Crippen molar-refractivity contribution in [1.29, 1.82) is 5.41 Å². The third kappa shape index (κ3) is 6.31. The smallest absolute Gasteiger partial charge is 0.262 e. The quantitative estimate of drug-likeness (QED) is 0.189. The fourth-order valence-corrected chi connectivity index (χ4v) is 6.53. The van der Waals surface area contributed by atoms with Gasteiger partial charge in [-0.2, -0.15) is 0 Å². The Kier molecular flexibility index (Phi) is 8.89. The van der Waals surface area contributed by atoms with Crippen LogP contribution in [0.2, 0.25) is 0 Å². The van der Waals surface area contributed by atoms with Gasteiger partial charge in [0.05, 0.1) is 4.90 Å². The molecule has 1 aliphatic heterocycles. The summed E-state index contributed by atoms with van der Waals surface area (Å²) in [4.78, 5) is 17.2. The number of carbonyl (C=O) groups is 1. The maximum Gasteiger partial charge on any atom is 0.262 e. The fourth-order valence-electron chi connectivity index (χ4n) is 5.26. The minimum Gasteiger partial charge on any atom is -0.384 e. The number of benzene rings is 4. The maximum atomic E-state index is 13.5. The highest BCUT2D eigenvalue weighted by Crippen LogP contribution is 2.33. The van der Waals surface area contributed by atoms with Crippen molar-refractivity contribution in [2.24, 2.45) is 5.73 Å². The highest BCUT2D eigenvalue weighted by Gasteiger charge is 2.24. The average Bonchev–Trinajstić information content (AvgIpc) is 2.94. The molecule has 0 aromatic heterocycles. The van der Waals surface area contributed by atoms with Gasteiger partial charge in [0.2, 0.25) is 5.91 Å². The van der Waals surface area contributed by atoms with Gasteiger partial charge in [-0.3, -0.25) is 14.9 Å². The molecular formula is C31H34ClN5O3S. The van der Waals surface area contributed by atoms with E-state index in [0.717, 1.165) is 40.7 Å². The van der Waals surface area contributed by atoms with Crippen LogP contribution in [0.3, 0.4) is 0 Å². The molecule has 8 nitrogen and oxygen atoms in total. The minimum absolute atomic E-state index is 0. The van der Waals surface area contributed by atoms with E-state index < -0.39 is 10.0 Å². The number of nitrogens with two attached hydrogens (primary N) is 1. The molecule has 0 unspecified atom stereocenters. The molecule has 0 bridgehead atoms. The summed E-state index contributed by atoms with van der Waals surface area (Å²) in [7, 11) is 0.00876. The lowest BCUT2D eigenvalue weighted by Gasteiger charge is -2.30. The van der Waals surface area contributed by atoms with Crippen LogP contribution in [0.5, 0.6) is 0 Å². The molecule has 0 fully saturated rings. The topological polar surface area (TPSA) is 120 Å². The van der Waals surface area contributed by atoms with Crippen molar-refractivity contribution in [1.82, 2.24) is 0 Å². The average molecular weight is 592 g/mol. The number of nitrogens with one attached hydrogen (secondary N) is 2. The Bertz CT molecular complexity index is 1710. The van der Waals surface area contributed by atoms with Crippen LogP contribution in [-0.2, 0) is 27.7 Å². The highest BCUT2D eigenvalue weighted by atomic mass is 35.5. The van der Waals surface area contributed by atoms with E-state index >= 15 is 0 Å². The summed E-state index contributed by atoms with van der Waals surface area (Å²) in [5.41, 5.74) is 10.4. The first-order valence-electron chi connectivity index (χ1n) is 13.2. The van der Waals surface area contributed by atoms with Crippen molar-refractivity contribution >= 4 is 62.0 Å². The lowest BCUT2D eigenvalue weighted by Crippen LogP contribution is -2.35. The molecular weight excluding hydrogens is 558 g/mol. The van der Waals surface area contributed by atoms with Crippen molar-refractivity contribution in [3.8, 4) is 0 Å². The minimum atomic E-state index is -3.86. The lowest BCUT2D eigenvalue weighted by atomic mass is 10.00. The molecule has 1 aliphatic rings. The number of amides is 1. The van der Waals surface area contributed by atoms with Gasteiger partial charge in [0.25, 0.3) is 10.0 Å². The van der Waals surface area contributed by atoms with Gasteiger partial charge >= 0.3 is 0 Å². The predicted molar refractivity (Wildman–Crippen MR) is 169 cm³/mol. The molecule has 0 aliphatic carbocycles. The second kappa shape index (κ2) is 12.2. The molecule has 4 aromatic rings. The molecule has 4 aromatic carbocycles. The van der Waals surface area contributed by atoms with Crippen molar-refractivity contribution in [3.05, 3.63) is 95.6 Å². The summed E-state index contributed by atoms with van der Waals surface area (Å²) in [6.07, 6.45) is 2.51. The van der Waals surface area contributed by atoms with Crippen LogP contribution in [0, 0.1) is 5.41 Å². The summed E-state index contributed by atoms with van der Waals surface area (Å²) in [6, 6.07) is 23.7. The Hall–Kier alpha value is -4.08. The van der Waals surface area contributed by atoms with Gasteiger partial charge in [-0.05, 0) is 60.7 Å². The Morgan fingerprint density at radius 1 is 1.00 bits per heavy atom. The second-order valence-electron chi connectivity index (χ2n) is 10.2. The van der Waals surface area contributed by atoms with Crippen LogP contribution in [0.1, 0.15) is 29.5 Å². The van der Waals surface area contributed by atoms with Crippen molar-refractivity contribution < 1.29 is 13.2 Å². The van der Waals surface area contributed by atoms with Gasteiger partial charge < -0.3 is 15.5 Å². The van der Waals surface area contributed by atoms with E-state index in [4.69, 9.17) is 11.1 Å². The number of halogens is 1. The summed E-state index contributed by atoms with van der Waals surface area (Å²) < 4.78 is 29.8. The van der Waals surface area contributed by atoms with Crippen LogP contribution in [0.4, 0.5) is 17.1 Å². The number of anilines is 3. The van der Waals surface area contributed by atoms with E-state index in [2.05, 4.69) is 4.72 Å². The Balaban J connectivity index is 0.00000387. The largest absolute Gasteiger partial charge is 0.384 e. The van der Waals surface area contributed by atoms with Crippen molar-refractivity contribution in [3.63, 3.8) is 0 Å². The fraction of sp³-hybridized carbons (Fsp3) is 0.226. The number of nitrogen functional groups attached to an aromatic ring is 1. The molecule has 0 spiro atoms. The first-order chi connectivity index (χ1) is 19.1. The first-order valence-corrected chi connectivity index (χ1v) is 14.7. The molecule has 0 atom stereocenters. The summed E-state index contributed by atoms with van der Waals surface area (Å²) in [6.45, 7) is 0.629. The van der Waals surface area contributed by atoms with E-state index in [9.17, 15) is 13.2 Å². The van der Waals surface area contributed by atoms with E-state index in [1.807, 2.05) is 67.5 Å². The molecule has 5 rings (SSSR count). The molecule has 0 saturated carbocycles. The third-order valence-electron chi connectivity index (χ3n) is 7.27. The van der Waals surface area contributed by atoms with Gasteiger partial charge in [-0.25, -0.2) is 8.42 Å². The van der Waals surface area contributed by atoms with Crippen molar-refractivity contribution in [2.45, 2.75) is 30.6 Å². The molecule has 4 N–H and O–H groups in total. The lowest BCUT2D eigenvalue weighted by molar-refractivity contribution is -0.118. The van der Waals surface area contributed by atoms with E-state index in [1.54, 1.807) is 35.2 Å². The van der Waals surface area contributed by atoms with Crippen LogP contribution in [-0.4, -0.2) is 40.8 Å². The van der Waals surface area contributed by atoms with Crippen LogP contribution in [0.15, 0.2) is 83.8 Å². The van der Waals surface area contributed by atoms with Gasteiger partial charge in [-0.1, -0.05) is 48.5 Å². The standard InChI is InChI=1S/C31H33N5O3S.ClH/c1-35(2)28-9-3-8-26-25(28)7-4-10-29(26)40(38,39)34-24-16-17-27-23(20-24)6-5-19-36(27)30(37)18-13-21-11-14-22(15-12-21)31(32)33;/h3-4,7-12,14-17,20,34H,5-6,13,18-19H2,1-2H3,(H3,32,33);1H. The number of carbonyl (C=O) groups excluding carboxylic acids is 1. The van der Waals surface area contributed by atoms with Gasteiger partial charge in [-0.15, -0.1) is 12.4 Å². The Labute approximate surface area is 247 Å².